The van der Waals surface area contributed by atoms with Crippen molar-refractivity contribution in [2.24, 2.45) is 5.92 Å². The molecule has 0 radical (unpaired) electrons. The number of ether oxygens (including phenoxy) is 3. The third-order valence-electron chi connectivity index (χ3n) is 3.23. The standard InChI is InChI=1S/C13H17ClO4/c1-16-11-5-9(10(14)6-12(11)17-2)13(15)8-3-4-18-7-8/h5-6,8,13,15H,3-4,7H2,1-2H3. The average Bonchev–Trinajstić information content (AvgIpc) is 2.91. The molecule has 1 aromatic carbocycles. The highest BCUT2D eigenvalue weighted by Gasteiger charge is 2.27. The van der Waals surface area contributed by atoms with Crippen LogP contribution in [0.4, 0.5) is 0 Å². The largest absolute Gasteiger partial charge is 0.493 e. The van der Waals surface area contributed by atoms with Gasteiger partial charge in [0.05, 0.1) is 32.0 Å². The fourth-order valence-electron chi connectivity index (χ4n) is 2.15. The van der Waals surface area contributed by atoms with E-state index in [1.807, 2.05) is 0 Å². The summed E-state index contributed by atoms with van der Waals surface area (Å²) < 4.78 is 15.7. The fourth-order valence-corrected chi connectivity index (χ4v) is 2.42. The molecule has 0 aliphatic carbocycles. The molecule has 1 fully saturated rings. The molecule has 1 aromatic rings. The molecule has 0 bridgehead atoms. The summed E-state index contributed by atoms with van der Waals surface area (Å²) in [5, 5.41) is 10.8. The Morgan fingerprint density at radius 3 is 2.56 bits per heavy atom. The molecule has 100 valence electrons. The van der Waals surface area contributed by atoms with Crippen LogP contribution in [0.1, 0.15) is 18.1 Å². The first-order chi connectivity index (χ1) is 8.67. The van der Waals surface area contributed by atoms with Crippen molar-refractivity contribution in [2.45, 2.75) is 12.5 Å². The SMILES string of the molecule is COc1cc(Cl)c(C(O)C2CCOC2)cc1OC. The number of halogens is 1. The Labute approximate surface area is 111 Å². The summed E-state index contributed by atoms with van der Waals surface area (Å²) in [5.41, 5.74) is 0.657. The Balaban J connectivity index is 2.31. The molecule has 4 nitrogen and oxygen atoms in total. The number of rotatable bonds is 4. The van der Waals surface area contributed by atoms with Crippen molar-refractivity contribution in [3.05, 3.63) is 22.7 Å². The smallest absolute Gasteiger partial charge is 0.162 e. The van der Waals surface area contributed by atoms with Crippen LogP contribution in [-0.2, 0) is 4.74 Å². The van der Waals surface area contributed by atoms with Gasteiger partial charge in [-0.05, 0) is 12.5 Å². The van der Waals surface area contributed by atoms with Crippen LogP contribution in [0.25, 0.3) is 0 Å². The summed E-state index contributed by atoms with van der Waals surface area (Å²) in [6.07, 6.45) is 0.200. The van der Waals surface area contributed by atoms with Crippen LogP contribution in [0, 0.1) is 5.92 Å². The van der Waals surface area contributed by atoms with Gasteiger partial charge in [0.25, 0.3) is 0 Å². The van der Waals surface area contributed by atoms with Crippen molar-refractivity contribution in [1.29, 1.82) is 0 Å². The maximum atomic E-state index is 10.3. The maximum Gasteiger partial charge on any atom is 0.162 e. The fraction of sp³-hybridized carbons (Fsp3) is 0.538. The number of hydrogen-bond donors (Lipinski definition) is 1. The molecule has 18 heavy (non-hydrogen) atoms. The van der Waals surface area contributed by atoms with Gasteiger partial charge in [0, 0.05) is 24.2 Å². The van der Waals surface area contributed by atoms with Crippen LogP contribution in [0.2, 0.25) is 5.02 Å². The van der Waals surface area contributed by atoms with E-state index in [4.69, 9.17) is 25.8 Å². The topological polar surface area (TPSA) is 47.9 Å². The summed E-state index contributed by atoms with van der Waals surface area (Å²) >= 11 is 6.17. The Hall–Kier alpha value is -0.970. The monoisotopic (exact) mass is 272 g/mol. The van der Waals surface area contributed by atoms with Crippen LogP contribution in [-0.4, -0.2) is 32.5 Å². The van der Waals surface area contributed by atoms with Gasteiger partial charge in [0.2, 0.25) is 0 Å². The highest BCUT2D eigenvalue weighted by atomic mass is 35.5. The van der Waals surface area contributed by atoms with E-state index in [1.165, 1.54) is 0 Å². The molecule has 1 N–H and O–H groups in total. The summed E-state index contributed by atoms with van der Waals surface area (Å²) in [6, 6.07) is 3.39. The Kier molecular flexibility index (Phi) is 4.32. The number of methoxy groups -OCH3 is 2. The lowest BCUT2D eigenvalue weighted by Crippen LogP contribution is -2.13. The van der Waals surface area contributed by atoms with Crippen LogP contribution < -0.4 is 9.47 Å². The Morgan fingerprint density at radius 2 is 2.00 bits per heavy atom. The molecule has 1 heterocycles. The zero-order valence-corrected chi connectivity index (χ0v) is 11.2. The first kappa shape index (κ1) is 13.5. The van der Waals surface area contributed by atoms with E-state index in [0.29, 0.717) is 35.3 Å². The average molecular weight is 273 g/mol. The van der Waals surface area contributed by atoms with Crippen LogP contribution in [0.3, 0.4) is 0 Å². The number of hydrogen-bond acceptors (Lipinski definition) is 4. The predicted octanol–water partition coefficient (Wildman–Crippen LogP) is 2.43. The van der Waals surface area contributed by atoms with Crippen LogP contribution in [0.15, 0.2) is 12.1 Å². The van der Waals surface area contributed by atoms with Crippen molar-refractivity contribution in [1.82, 2.24) is 0 Å². The van der Waals surface area contributed by atoms with Gasteiger partial charge in [-0.3, -0.25) is 0 Å². The van der Waals surface area contributed by atoms with E-state index in [2.05, 4.69) is 0 Å². The number of aliphatic hydroxyl groups is 1. The zero-order valence-electron chi connectivity index (χ0n) is 10.5. The van der Waals surface area contributed by atoms with Crippen molar-refractivity contribution in [3.63, 3.8) is 0 Å². The Morgan fingerprint density at radius 1 is 1.33 bits per heavy atom. The molecule has 0 aromatic heterocycles. The predicted molar refractivity (Wildman–Crippen MR) is 68.4 cm³/mol. The number of benzene rings is 1. The molecule has 2 atom stereocenters. The normalized spacial score (nSPS) is 20.8. The van der Waals surface area contributed by atoms with Gasteiger partial charge in [-0.1, -0.05) is 11.6 Å². The molecule has 2 unspecified atom stereocenters. The first-order valence-electron chi connectivity index (χ1n) is 5.84. The molecule has 1 aliphatic rings. The highest BCUT2D eigenvalue weighted by molar-refractivity contribution is 6.31. The minimum Gasteiger partial charge on any atom is -0.493 e. The third kappa shape index (κ3) is 2.55. The van der Waals surface area contributed by atoms with Crippen molar-refractivity contribution >= 4 is 11.6 Å². The van der Waals surface area contributed by atoms with Gasteiger partial charge in [0.15, 0.2) is 11.5 Å². The second-order valence-electron chi connectivity index (χ2n) is 4.30. The first-order valence-corrected chi connectivity index (χ1v) is 6.22. The summed E-state index contributed by atoms with van der Waals surface area (Å²) in [4.78, 5) is 0. The minimum absolute atomic E-state index is 0.0839. The van der Waals surface area contributed by atoms with E-state index in [1.54, 1.807) is 26.4 Å². The maximum absolute atomic E-state index is 10.3. The van der Waals surface area contributed by atoms with Crippen molar-refractivity contribution in [2.75, 3.05) is 27.4 Å². The van der Waals surface area contributed by atoms with Gasteiger partial charge in [-0.2, -0.15) is 0 Å². The minimum atomic E-state index is -0.639. The molecule has 5 heteroatoms. The highest BCUT2D eigenvalue weighted by Crippen LogP contribution is 2.39. The van der Waals surface area contributed by atoms with E-state index < -0.39 is 6.10 Å². The molecule has 0 saturated carbocycles. The summed E-state index contributed by atoms with van der Waals surface area (Å²) in [5.74, 6) is 1.21. The van der Waals surface area contributed by atoms with Gasteiger partial charge < -0.3 is 19.3 Å². The van der Waals surface area contributed by atoms with Crippen LogP contribution >= 0.6 is 11.6 Å². The van der Waals surface area contributed by atoms with E-state index in [-0.39, 0.29) is 5.92 Å². The molecule has 0 spiro atoms. The van der Waals surface area contributed by atoms with E-state index >= 15 is 0 Å². The molecular formula is C13H17ClO4. The van der Waals surface area contributed by atoms with E-state index in [0.717, 1.165) is 6.42 Å². The molecule has 1 saturated heterocycles. The Bertz CT molecular complexity index is 416. The quantitative estimate of drug-likeness (QED) is 0.915. The van der Waals surface area contributed by atoms with Gasteiger partial charge in [0.1, 0.15) is 0 Å². The molecule has 0 amide bonds. The lowest BCUT2D eigenvalue weighted by Gasteiger charge is -2.19. The second-order valence-corrected chi connectivity index (χ2v) is 4.70. The van der Waals surface area contributed by atoms with Gasteiger partial charge in [-0.25, -0.2) is 0 Å². The second kappa shape index (κ2) is 5.78. The van der Waals surface area contributed by atoms with Gasteiger partial charge in [-0.15, -0.1) is 0 Å². The van der Waals surface area contributed by atoms with Crippen molar-refractivity contribution in [3.8, 4) is 11.5 Å². The van der Waals surface area contributed by atoms with Crippen molar-refractivity contribution < 1.29 is 19.3 Å². The summed E-state index contributed by atoms with van der Waals surface area (Å²) in [6.45, 7) is 1.25. The lowest BCUT2D eigenvalue weighted by atomic mass is 9.95. The molecule has 2 rings (SSSR count). The number of aliphatic hydroxyl groups excluding tert-OH is 1. The molecule has 1 aliphatic heterocycles. The molecular weight excluding hydrogens is 256 g/mol. The van der Waals surface area contributed by atoms with E-state index in [9.17, 15) is 5.11 Å². The lowest BCUT2D eigenvalue weighted by molar-refractivity contribution is 0.0916. The van der Waals surface area contributed by atoms with Crippen LogP contribution in [0.5, 0.6) is 11.5 Å². The van der Waals surface area contributed by atoms with Gasteiger partial charge >= 0.3 is 0 Å². The third-order valence-corrected chi connectivity index (χ3v) is 3.56. The zero-order chi connectivity index (χ0) is 13.1. The summed E-state index contributed by atoms with van der Waals surface area (Å²) in [7, 11) is 3.11.